The highest BCUT2D eigenvalue weighted by Crippen LogP contribution is 2.14. The van der Waals surface area contributed by atoms with E-state index in [0.717, 1.165) is 5.56 Å². The van der Waals surface area contributed by atoms with Gasteiger partial charge in [0, 0.05) is 12.1 Å². The lowest BCUT2D eigenvalue weighted by Gasteiger charge is -2.08. The van der Waals surface area contributed by atoms with E-state index in [1.54, 1.807) is 24.3 Å². The van der Waals surface area contributed by atoms with Crippen LogP contribution >= 0.6 is 0 Å². The van der Waals surface area contributed by atoms with E-state index in [4.69, 9.17) is 4.74 Å². The SMILES string of the molecule is CCNC(=O)CNC(=O)c1ccc(OCc2ccccc2)cc1. The molecule has 120 valence electrons. The maximum Gasteiger partial charge on any atom is 0.251 e. The van der Waals surface area contributed by atoms with Crippen LogP contribution in [0.3, 0.4) is 0 Å². The minimum Gasteiger partial charge on any atom is -0.489 e. The van der Waals surface area contributed by atoms with Crippen molar-refractivity contribution in [2.75, 3.05) is 13.1 Å². The van der Waals surface area contributed by atoms with Gasteiger partial charge in [-0.1, -0.05) is 30.3 Å². The summed E-state index contributed by atoms with van der Waals surface area (Å²) in [5.74, 6) is 0.198. The fourth-order valence-corrected chi connectivity index (χ4v) is 1.97. The number of carbonyl (C=O) groups excluding carboxylic acids is 2. The Labute approximate surface area is 135 Å². The Morgan fingerprint density at radius 2 is 1.65 bits per heavy atom. The molecule has 0 heterocycles. The highest BCUT2D eigenvalue weighted by atomic mass is 16.5. The molecule has 0 aliphatic carbocycles. The van der Waals surface area contributed by atoms with Crippen molar-refractivity contribution < 1.29 is 14.3 Å². The summed E-state index contributed by atoms with van der Waals surface area (Å²) in [7, 11) is 0. The molecule has 0 radical (unpaired) electrons. The lowest BCUT2D eigenvalue weighted by molar-refractivity contribution is -0.120. The molecular weight excluding hydrogens is 292 g/mol. The number of hydrogen-bond donors (Lipinski definition) is 2. The van der Waals surface area contributed by atoms with Gasteiger partial charge in [0.05, 0.1) is 6.54 Å². The first-order valence-electron chi connectivity index (χ1n) is 7.50. The first-order chi connectivity index (χ1) is 11.2. The largest absolute Gasteiger partial charge is 0.489 e. The fraction of sp³-hybridized carbons (Fsp3) is 0.222. The van der Waals surface area contributed by atoms with Crippen molar-refractivity contribution in [2.24, 2.45) is 0 Å². The lowest BCUT2D eigenvalue weighted by atomic mass is 10.2. The topological polar surface area (TPSA) is 67.4 Å². The van der Waals surface area contributed by atoms with Gasteiger partial charge in [0.15, 0.2) is 0 Å². The van der Waals surface area contributed by atoms with Crippen LogP contribution in [0.25, 0.3) is 0 Å². The quantitative estimate of drug-likeness (QED) is 0.823. The smallest absolute Gasteiger partial charge is 0.251 e. The second kappa shape index (κ2) is 8.58. The Kier molecular flexibility index (Phi) is 6.17. The zero-order valence-electron chi connectivity index (χ0n) is 13.0. The highest BCUT2D eigenvalue weighted by molar-refractivity contribution is 5.96. The van der Waals surface area contributed by atoms with Crippen LogP contribution in [-0.4, -0.2) is 24.9 Å². The average Bonchev–Trinajstić information content (AvgIpc) is 2.59. The average molecular weight is 312 g/mol. The molecule has 2 rings (SSSR count). The Hall–Kier alpha value is -2.82. The molecule has 2 N–H and O–H groups in total. The van der Waals surface area contributed by atoms with Crippen molar-refractivity contribution in [3.63, 3.8) is 0 Å². The van der Waals surface area contributed by atoms with E-state index in [-0.39, 0.29) is 18.4 Å². The van der Waals surface area contributed by atoms with Crippen LogP contribution in [0.15, 0.2) is 54.6 Å². The minimum absolute atomic E-state index is 0.0288. The molecule has 0 aliphatic rings. The molecule has 0 spiro atoms. The molecule has 2 aromatic rings. The molecule has 0 unspecified atom stereocenters. The monoisotopic (exact) mass is 312 g/mol. The number of benzene rings is 2. The van der Waals surface area contributed by atoms with Crippen LogP contribution in [0, 0.1) is 0 Å². The van der Waals surface area contributed by atoms with Crippen molar-refractivity contribution in [3.05, 3.63) is 65.7 Å². The van der Waals surface area contributed by atoms with Crippen LogP contribution in [0.2, 0.25) is 0 Å². The highest BCUT2D eigenvalue weighted by Gasteiger charge is 2.07. The number of rotatable bonds is 7. The summed E-state index contributed by atoms with van der Waals surface area (Å²) in [4.78, 5) is 23.2. The predicted octanol–water partition coefficient (Wildman–Crippen LogP) is 2.13. The van der Waals surface area contributed by atoms with E-state index in [0.29, 0.717) is 24.5 Å². The zero-order chi connectivity index (χ0) is 16.5. The first-order valence-corrected chi connectivity index (χ1v) is 7.50. The minimum atomic E-state index is -0.286. The number of likely N-dealkylation sites (N-methyl/N-ethyl adjacent to an activating group) is 1. The summed E-state index contributed by atoms with van der Waals surface area (Å²) in [6.45, 7) is 2.82. The number of nitrogens with one attached hydrogen (secondary N) is 2. The van der Waals surface area contributed by atoms with Crippen LogP contribution in [0.4, 0.5) is 0 Å². The van der Waals surface area contributed by atoms with E-state index >= 15 is 0 Å². The lowest BCUT2D eigenvalue weighted by Crippen LogP contribution is -2.36. The number of amides is 2. The number of hydrogen-bond acceptors (Lipinski definition) is 3. The molecule has 0 fully saturated rings. The van der Waals surface area contributed by atoms with Gasteiger partial charge in [0.25, 0.3) is 5.91 Å². The van der Waals surface area contributed by atoms with Gasteiger partial charge < -0.3 is 15.4 Å². The molecular formula is C18H20N2O3. The normalized spacial score (nSPS) is 9.96. The molecule has 23 heavy (non-hydrogen) atoms. The molecule has 5 heteroatoms. The van der Waals surface area contributed by atoms with Crippen molar-refractivity contribution in [1.29, 1.82) is 0 Å². The van der Waals surface area contributed by atoms with Gasteiger partial charge in [0.1, 0.15) is 12.4 Å². The summed E-state index contributed by atoms with van der Waals surface area (Å²) in [6.07, 6.45) is 0. The van der Waals surface area contributed by atoms with Crippen LogP contribution in [0.1, 0.15) is 22.8 Å². The van der Waals surface area contributed by atoms with Gasteiger partial charge in [-0.2, -0.15) is 0 Å². The third kappa shape index (κ3) is 5.47. The van der Waals surface area contributed by atoms with E-state index in [9.17, 15) is 9.59 Å². The van der Waals surface area contributed by atoms with E-state index in [2.05, 4.69) is 10.6 Å². The summed E-state index contributed by atoms with van der Waals surface area (Å²) < 4.78 is 5.66. The second-order valence-electron chi connectivity index (χ2n) is 4.93. The summed E-state index contributed by atoms with van der Waals surface area (Å²) in [5, 5.41) is 5.19. The van der Waals surface area contributed by atoms with Gasteiger partial charge >= 0.3 is 0 Å². The Bertz CT molecular complexity index is 639. The molecule has 0 aromatic heterocycles. The van der Waals surface area contributed by atoms with Gasteiger partial charge in [-0.05, 0) is 36.8 Å². The van der Waals surface area contributed by atoms with Crippen molar-refractivity contribution in [1.82, 2.24) is 10.6 Å². The maximum absolute atomic E-state index is 11.9. The summed E-state index contributed by atoms with van der Waals surface area (Å²) in [6, 6.07) is 16.7. The Balaban J connectivity index is 1.84. The van der Waals surface area contributed by atoms with Gasteiger partial charge in [-0.3, -0.25) is 9.59 Å². The molecule has 0 saturated carbocycles. The van der Waals surface area contributed by atoms with Crippen LogP contribution in [0.5, 0.6) is 5.75 Å². The van der Waals surface area contributed by atoms with Crippen molar-refractivity contribution in [3.8, 4) is 5.75 Å². The van der Waals surface area contributed by atoms with Gasteiger partial charge in [-0.15, -0.1) is 0 Å². The molecule has 0 atom stereocenters. The Morgan fingerprint density at radius 1 is 0.957 bits per heavy atom. The van der Waals surface area contributed by atoms with Crippen LogP contribution in [-0.2, 0) is 11.4 Å². The summed E-state index contributed by atoms with van der Waals surface area (Å²) >= 11 is 0. The molecule has 5 nitrogen and oxygen atoms in total. The maximum atomic E-state index is 11.9. The molecule has 0 bridgehead atoms. The molecule has 0 saturated heterocycles. The van der Waals surface area contributed by atoms with Crippen LogP contribution < -0.4 is 15.4 Å². The molecule has 2 amide bonds. The van der Waals surface area contributed by atoms with E-state index < -0.39 is 0 Å². The van der Waals surface area contributed by atoms with E-state index in [1.165, 1.54) is 0 Å². The van der Waals surface area contributed by atoms with Gasteiger partial charge in [-0.25, -0.2) is 0 Å². The Morgan fingerprint density at radius 3 is 2.30 bits per heavy atom. The third-order valence-electron chi connectivity index (χ3n) is 3.15. The standard InChI is InChI=1S/C18H20N2O3/c1-2-19-17(21)12-20-18(22)15-8-10-16(11-9-15)23-13-14-6-4-3-5-7-14/h3-11H,2,12-13H2,1H3,(H,19,21)(H,20,22). The summed E-state index contributed by atoms with van der Waals surface area (Å²) in [5.41, 5.74) is 1.57. The van der Waals surface area contributed by atoms with Crippen molar-refractivity contribution >= 4 is 11.8 Å². The fourth-order valence-electron chi connectivity index (χ4n) is 1.97. The number of carbonyl (C=O) groups is 2. The number of ether oxygens (including phenoxy) is 1. The predicted molar refractivity (Wildman–Crippen MR) is 88.2 cm³/mol. The van der Waals surface area contributed by atoms with E-state index in [1.807, 2.05) is 37.3 Å². The van der Waals surface area contributed by atoms with Crippen molar-refractivity contribution in [2.45, 2.75) is 13.5 Å². The van der Waals surface area contributed by atoms with Gasteiger partial charge in [0.2, 0.25) is 5.91 Å². The zero-order valence-corrected chi connectivity index (χ0v) is 13.0. The molecule has 2 aromatic carbocycles. The molecule has 0 aliphatic heterocycles. The third-order valence-corrected chi connectivity index (χ3v) is 3.15. The first kappa shape index (κ1) is 16.5. The second-order valence-corrected chi connectivity index (χ2v) is 4.93.